The molecule has 1 aliphatic heterocycles. The number of fused-ring (bicyclic) bond motifs is 1. The van der Waals surface area contributed by atoms with Gasteiger partial charge in [-0.25, -0.2) is 9.97 Å². The van der Waals surface area contributed by atoms with Gasteiger partial charge in [-0.2, -0.15) is 0 Å². The molecule has 5 nitrogen and oxygen atoms in total. The Morgan fingerprint density at radius 3 is 2.71 bits per heavy atom. The maximum Gasteiger partial charge on any atom is 0.179 e. The van der Waals surface area contributed by atoms with Crippen molar-refractivity contribution in [2.45, 2.75) is 57.5 Å². The van der Waals surface area contributed by atoms with Gasteiger partial charge in [0, 0.05) is 49.4 Å². The number of benzene rings is 1. The van der Waals surface area contributed by atoms with Crippen molar-refractivity contribution in [1.29, 1.82) is 0 Å². The van der Waals surface area contributed by atoms with Crippen molar-refractivity contribution in [3.63, 3.8) is 0 Å². The zero-order valence-corrected chi connectivity index (χ0v) is 17.5. The monoisotopic (exact) mass is 401 g/mol. The lowest BCUT2D eigenvalue weighted by Crippen LogP contribution is -2.31. The van der Waals surface area contributed by atoms with Gasteiger partial charge >= 0.3 is 0 Å². The van der Waals surface area contributed by atoms with Gasteiger partial charge in [0.1, 0.15) is 5.82 Å². The Balaban J connectivity index is 1.47. The van der Waals surface area contributed by atoms with Crippen LogP contribution in [0.4, 0.5) is 0 Å². The van der Waals surface area contributed by atoms with Crippen LogP contribution < -0.4 is 9.47 Å². The minimum atomic E-state index is 0.558. The lowest BCUT2D eigenvalue weighted by molar-refractivity contribution is 0.241. The van der Waals surface area contributed by atoms with Gasteiger partial charge in [-0.05, 0) is 24.5 Å². The van der Waals surface area contributed by atoms with Gasteiger partial charge in [0.2, 0.25) is 0 Å². The van der Waals surface area contributed by atoms with E-state index >= 15 is 0 Å². The molecule has 2 aromatic rings. The molecular weight excluding hydrogens is 374 g/mol. The minimum Gasteiger partial charge on any atom is -0.493 e. The summed E-state index contributed by atoms with van der Waals surface area (Å²) in [5, 5.41) is 0.622. The largest absolute Gasteiger partial charge is 0.493 e. The molecule has 0 N–H and O–H groups in total. The van der Waals surface area contributed by atoms with Crippen molar-refractivity contribution >= 4 is 11.6 Å². The van der Waals surface area contributed by atoms with E-state index in [4.69, 9.17) is 31.0 Å². The Morgan fingerprint density at radius 1 is 1.14 bits per heavy atom. The van der Waals surface area contributed by atoms with Gasteiger partial charge in [0.15, 0.2) is 11.5 Å². The van der Waals surface area contributed by atoms with Crippen LogP contribution in [-0.4, -0.2) is 35.6 Å². The number of ether oxygens (including phenoxy) is 2. The van der Waals surface area contributed by atoms with E-state index in [1.54, 1.807) is 14.2 Å². The molecule has 1 aromatic heterocycles. The lowest BCUT2D eigenvalue weighted by Gasteiger charge is -2.29. The quantitative estimate of drug-likeness (QED) is 0.723. The van der Waals surface area contributed by atoms with Gasteiger partial charge in [-0.3, -0.25) is 4.90 Å². The number of hydrogen-bond acceptors (Lipinski definition) is 5. The molecule has 0 unspecified atom stereocenters. The zero-order chi connectivity index (χ0) is 19.5. The molecule has 4 rings (SSSR count). The predicted octanol–water partition coefficient (Wildman–Crippen LogP) is 4.75. The Hall–Kier alpha value is -1.85. The molecule has 6 heteroatoms. The van der Waals surface area contributed by atoms with Gasteiger partial charge in [0.25, 0.3) is 0 Å². The highest BCUT2D eigenvalue weighted by atomic mass is 35.5. The molecule has 28 heavy (non-hydrogen) atoms. The number of methoxy groups -OCH3 is 2. The molecule has 1 fully saturated rings. The minimum absolute atomic E-state index is 0.558. The maximum atomic E-state index is 6.56. The highest BCUT2D eigenvalue weighted by Gasteiger charge is 2.23. The molecule has 1 aliphatic carbocycles. The third-order valence-electron chi connectivity index (χ3n) is 5.96. The van der Waals surface area contributed by atoms with E-state index in [2.05, 4.69) is 11.1 Å². The van der Waals surface area contributed by atoms with Crippen LogP contribution in [0.5, 0.6) is 11.5 Å². The van der Waals surface area contributed by atoms with Crippen molar-refractivity contribution in [1.82, 2.24) is 14.9 Å². The molecule has 150 valence electrons. The van der Waals surface area contributed by atoms with Crippen LogP contribution in [0.1, 0.15) is 60.7 Å². The van der Waals surface area contributed by atoms with Gasteiger partial charge in [0.05, 0.1) is 19.2 Å². The first-order valence-corrected chi connectivity index (χ1v) is 10.5. The van der Waals surface area contributed by atoms with Crippen LogP contribution in [0.15, 0.2) is 18.3 Å². The highest BCUT2D eigenvalue weighted by Crippen LogP contribution is 2.38. The van der Waals surface area contributed by atoms with Crippen LogP contribution >= 0.6 is 11.6 Å². The van der Waals surface area contributed by atoms with E-state index in [0.717, 1.165) is 37.4 Å². The Labute approximate surface area is 172 Å². The van der Waals surface area contributed by atoms with E-state index in [9.17, 15) is 0 Å². The second-order valence-electron chi connectivity index (χ2n) is 7.77. The number of aromatic nitrogens is 2. The summed E-state index contributed by atoms with van der Waals surface area (Å²) in [4.78, 5) is 12.1. The van der Waals surface area contributed by atoms with Crippen molar-refractivity contribution in [3.05, 3.63) is 46.0 Å². The fourth-order valence-corrected chi connectivity index (χ4v) is 4.67. The molecule has 1 aromatic carbocycles. The number of rotatable bonds is 5. The van der Waals surface area contributed by atoms with Crippen LogP contribution in [-0.2, 0) is 19.5 Å². The van der Waals surface area contributed by atoms with Crippen molar-refractivity contribution in [3.8, 4) is 11.5 Å². The average molecular weight is 402 g/mol. The smallest absolute Gasteiger partial charge is 0.179 e. The van der Waals surface area contributed by atoms with Crippen molar-refractivity contribution in [2.75, 3.05) is 20.8 Å². The number of halogens is 1. The number of hydrogen-bond donors (Lipinski definition) is 0. The Morgan fingerprint density at radius 2 is 1.96 bits per heavy atom. The van der Waals surface area contributed by atoms with Crippen LogP contribution in [0.2, 0.25) is 5.02 Å². The molecule has 0 bridgehead atoms. The summed E-state index contributed by atoms with van der Waals surface area (Å²) in [6, 6.07) is 3.93. The maximum absolute atomic E-state index is 6.56. The average Bonchev–Trinajstić information content (AvgIpc) is 2.75. The van der Waals surface area contributed by atoms with Crippen molar-refractivity contribution in [2.24, 2.45) is 0 Å². The Bertz CT molecular complexity index is 837. The van der Waals surface area contributed by atoms with Gasteiger partial charge in [-0.1, -0.05) is 36.9 Å². The zero-order valence-electron chi connectivity index (χ0n) is 16.7. The van der Waals surface area contributed by atoms with Gasteiger partial charge in [-0.15, -0.1) is 0 Å². The van der Waals surface area contributed by atoms with Crippen molar-refractivity contribution < 1.29 is 9.47 Å². The van der Waals surface area contributed by atoms with E-state index in [0.29, 0.717) is 22.4 Å². The predicted molar refractivity (Wildman–Crippen MR) is 110 cm³/mol. The fraction of sp³-hybridized carbons (Fsp3) is 0.545. The molecule has 0 amide bonds. The van der Waals surface area contributed by atoms with Gasteiger partial charge < -0.3 is 9.47 Å². The first-order valence-electron chi connectivity index (χ1n) is 10.2. The summed E-state index contributed by atoms with van der Waals surface area (Å²) in [7, 11) is 3.24. The summed E-state index contributed by atoms with van der Waals surface area (Å²) < 4.78 is 10.8. The van der Waals surface area contributed by atoms with Crippen LogP contribution in [0.3, 0.4) is 0 Å². The summed E-state index contributed by atoms with van der Waals surface area (Å²) >= 11 is 6.56. The SMILES string of the molecule is COc1ccc(CN2CCc3nc(C4CCCCC4)ncc3C2)c(Cl)c1OC. The van der Waals surface area contributed by atoms with E-state index in [1.807, 2.05) is 12.1 Å². The lowest BCUT2D eigenvalue weighted by atomic mass is 9.88. The fourth-order valence-electron chi connectivity index (χ4n) is 4.38. The standard InChI is InChI=1S/C22H28ClN3O2/c1-27-19-9-8-16(20(23)21(19)28-2)13-26-11-10-18-17(14-26)12-24-22(25-18)15-6-4-3-5-7-15/h8-9,12,15H,3-7,10-11,13-14H2,1-2H3. The third-order valence-corrected chi connectivity index (χ3v) is 6.38. The Kier molecular flexibility index (Phi) is 6.02. The summed E-state index contributed by atoms with van der Waals surface area (Å²) in [5.74, 6) is 2.88. The van der Waals surface area contributed by atoms with E-state index < -0.39 is 0 Å². The molecule has 0 saturated heterocycles. The topological polar surface area (TPSA) is 47.5 Å². The normalized spacial score (nSPS) is 18.0. The highest BCUT2D eigenvalue weighted by molar-refractivity contribution is 6.33. The van der Waals surface area contributed by atoms with Crippen LogP contribution in [0.25, 0.3) is 0 Å². The molecule has 1 saturated carbocycles. The third kappa shape index (κ3) is 3.96. The molecule has 0 radical (unpaired) electrons. The first kappa shape index (κ1) is 19.5. The molecule has 0 atom stereocenters. The number of nitrogens with zero attached hydrogens (tertiary/aromatic N) is 3. The molecule has 2 aliphatic rings. The molecular formula is C22H28ClN3O2. The summed E-state index contributed by atoms with van der Waals surface area (Å²) in [6.45, 7) is 2.59. The second-order valence-corrected chi connectivity index (χ2v) is 8.15. The molecule has 0 spiro atoms. The second kappa shape index (κ2) is 8.66. The summed E-state index contributed by atoms with van der Waals surface area (Å²) in [6.07, 6.45) is 9.47. The first-order chi connectivity index (χ1) is 13.7. The van der Waals surface area contributed by atoms with Crippen LogP contribution in [0, 0.1) is 0 Å². The van der Waals surface area contributed by atoms with E-state index in [1.165, 1.54) is 43.4 Å². The van der Waals surface area contributed by atoms with E-state index in [-0.39, 0.29) is 0 Å². The molecule has 2 heterocycles. The summed E-state index contributed by atoms with van der Waals surface area (Å²) in [5.41, 5.74) is 3.51.